The summed E-state index contributed by atoms with van der Waals surface area (Å²) in [6.07, 6.45) is 2.01. The van der Waals surface area contributed by atoms with Crippen LogP contribution in [0.15, 0.2) is 0 Å². The van der Waals surface area contributed by atoms with E-state index in [1.54, 1.807) is 7.11 Å². The molecular formula is C14H30N2O3. The number of ether oxygens (including phenoxy) is 2. The van der Waals surface area contributed by atoms with Gasteiger partial charge >= 0.3 is 0 Å². The third-order valence-corrected chi connectivity index (χ3v) is 3.00. The van der Waals surface area contributed by atoms with Gasteiger partial charge in [0.05, 0.1) is 19.8 Å². The van der Waals surface area contributed by atoms with Gasteiger partial charge in [0.15, 0.2) is 0 Å². The maximum atomic E-state index is 11.6. The van der Waals surface area contributed by atoms with Crippen molar-refractivity contribution >= 4 is 5.91 Å². The van der Waals surface area contributed by atoms with E-state index in [1.807, 2.05) is 6.92 Å². The molecule has 0 fully saturated rings. The van der Waals surface area contributed by atoms with Crippen molar-refractivity contribution in [1.82, 2.24) is 10.6 Å². The van der Waals surface area contributed by atoms with Gasteiger partial charge in [-0.25, -0.2) is 0 Å². The molecule has 0 aliphatic heterocycles. The summed E-state index contributed by atoms with van der Waals surface area (Å²) in [6.45, 7) is 9.51. The lowest BCUT2D eigenvalue weighted by molar-refractivity contribution is -0.121. The second kappa shape index (κ2) is 12.4. The van der Waals surface area contributed by atoms with Gasteiger partial charge in [0.25, 0.3) is 0 Å². The van der Waals surface area contributed by atoms with Gasteiger partial charge in [-0.3, -0.25) is 4.79 Å². The summed E-state index contributed by atoms with van der Waals surface area (Å²) in [5.41, 5.74) is 0. The van der Waals surface area contributed by atoms with Crippen molar-refractivity contribution < 1.29 is 14.3 Å². The maximum Gasteiger partial charge on any atom is 0.234 e. The van der Waals surface area contributed by atoms with Crippen LogP contribution < -0.4 is 10.6 Å². The predicted octanol–water partition coefficient (Wildman–Crippen LogP) is 1.18. The van der Waals surface area contributed by atoms with Gasteiger partial charge in [-0.2, -0.15) is 0 Å². The Morgan fingerprint density at radius 2 is 1.84 bits per heavy atom. The number of rotatable bonds is 12. The van der Waals surface area contributed by atoms with Gasteiger partial charge in [-0.15, -0.1) is 0 Å². The fourth-order valence-electron chi connectivity index (χ4n) is 1.37. The first-order chi connectivity index (χ1) is 9.07. The highest BCUT2D eigenvalue weighted by molar-refractivity contribution is 5.78. The molecule has 0 heterocycles. The zero-order valence-corrected chi connectivity index (χ0v) is 12.8. The van der Waals surface area contributed by atoms with E-state index in [1.165, 1.54) is 0 Å². The molecule has 0 bridgehead atoms. The minimum atomic E-state index is 0.0672. The quantitative estimate of drug-likeness (QED) is 0.525. The van der Waals surface area contributed by atoms with Crippen molar-refractivity contribution in [2.75, 3.05) is 40.0 Å². The van der Waals surface area contributed by atoms with Crippen LogP contribution in [0.3, 0.4) is 0 Å². The standard InChI is InChI=1S/C14H30N2O3/c1-12(2)13(3)16-14(17)11-15-7-5-6-8-19-10-9-18-4/h12-13,15H,5-11H2,1-4H3,(H,16,17). The second-order valence-electron chi connectivity index (χ2n) is 5.09. The molecule has 0 spiro atoms. The van der Waals surface area contributed by atoms with Crippen molar-refractivity contribution in [3.05, 3.63) is 0 Å². The number of carbonyl (C=O) groups is 1. The molecule has 0 aromatic rings. The fourth-order valence-corrected chi connectivity index (χ4v) is 1.37. The lowest BCUT2D eigenvalue weighted by Crippen LogP contribution is -2.41. The van der Waals surface area contributed by atoms with Crippen molar-refractivity contribution in [3.8, 4) is 0 Å². The molecule has 0 saturated carbocycles. The normalized spacial score (nSPS) is 12.7. The Bertz CT molecular complexity index is 223. The number of hydrogen-bond acceptors (Lipinski definition) is 4. The van der Waals surface area contributed by atoms with Gasteiger partial charge in [0.2, 0.25) is 5.91 Å². The predicted molar refractivity (Wildman–Crippen MR) is 77.2 cm³/mol. The summed E-state index contributed by atoms with van der Waals surface area (Å²) >= 11 is 0. The fraction of sp³-hybridized carbons (Fsp3) is 0.929. The van der Waals surface area contributed by atoms with Crippen LogP contribution in [-0.2, 0) is 14.3 Å². The molecule has 2 N–H and O–H groups in total. The molecule has 0 aromatic carbocycles. The highest BCUT2D eigenvalue weighted by Crippen LogP contribution is 1.98. The third kappa shape index (κ3) is 12.1. The molecule has 0 aliphatic carbocycles. The minimum absolute atomic E-state index is 0.0672. The Balaban J connectivity index is 3.27. The van der Waals surface area contributed by atoms with Crippen LogP contribution >= 0.6 is 0 Å². The molecule has 1 amide bonds. The average Bonchev–Trinajstić information content (AvgIpc) is 2.36. The molecule has 1 unspecified atom stereocenters. The molecule has 0 aliphatic rings. The second-order valence-corrected chi connectivity index (χ2v) is 5.09. The van der Waals surface area contributed by atoms with Gasteiger partial charge in [0.1, 0.15) is 0 Å². The van der Waals surface area contributed by atoms with Crippen LogP contribution in [0.25, 0.3) is 0 Å². The molecule has 114 valence electrons. The highest BCUT2D eigenvalue weighted by Gasteiger charge is 2.09. The van der Waals surface area contributed by atoms with E-state index in [0.717, 1.165) is 26.0 Å². The molecule has 0 saturated heterocycles. The van der Waals surface area contributed by atoms with E-state index in [4.69, 9.17) is 9.47 Å². The first-order valence-electron chi connectivity index (χ1n) is 7.14. The summed E-state index contributed by atoms with van der Waals surface area (Å²) in [5.74, 6) is 0.533. The van der Waals surface area contributed by atoms with Gasteiger partial charge in [-0.1, -0.05) is 13.8 Å². The van der Waals surface area contributed by atoms with Crippen LogP contribution in [0.4, 0.5) is 0 Å². The monoisotopic (exact) mass is 274 g/mol. The Morgan fingerprint density at radius 1 is 1.11 bits per heavy atom. The topological polar surface area (TPSA) is 59.6 Å². The van der Waals surface area contributed by atoms with E-state index in [0.29, 0.717) is 25.7 Å². The lowest BCUT2D eigenvalue weighted by Gasteiger charge is -2.17. The molecule has 1 atom stereocenters. The van der Waals surface area contributed by atoms with Gasteiger partial charge in [-0.05, 0) is 32.2 Å². The van der Waals surface area contributed by atoms with E-state index in [9.17, 15) is 4.79 Å². The van der Waals surface area contributed by atoms with E-state index in [-0.39, 0.29) is 11.9 Å². The maximum absolute atomic E-state index is 11.6. The number of amides is 1. The van der Waals surface area contributed by atoms with Crippen molar-refractivity contribution in [2.24, 2.45) is 5.92 Å². The van der Waals surface area contributed by atoms with Crippen molar-refractivity contribution in [3.63, 3.8) is 0 Å². The van der Waals surface area contributed by atoms with E-state index in [2.05, 4.69) is 24.5 Å². The SMILES string of the molecule is COCCOCCCCNCC(=O)NC(C)C(C)C. The van der Waals surface area contributed by atoms with Crippen LogP contribution in [0.1, 0.15) is 33.6 Å². The Kier molecular flexibility index (Phi) is 12.0. The zero-order valence-electron chi connectivity index (χ0n) is 12.8. The summed E-state index contributed by atoms with van der Waals surface area (Å²) in [6, 6.07) is 0.225. The molecule has 0 rings (SSSR count). The molecule has 0 aromatic heterocycles. The van der Waals surface area contributed by atoms with E-state index >= 15 is 0 Å². The van der Waals surface area contributed by atoms with Crippen LogP contribution in [0.2, 0.25) is 0 Å². The lowest BCUT2D eigenvalue weighted by atomic mass is 10.1. The van der Waals surface area contributed by atoms with Crippen molar-refractivity contribution in [2.45, 2.75) is 39.7 Å². The van der Waals surface area contributed by atoms with Crippen LogP contribution in [-0.4, -0.2) is 52.0 Å². The number of hydrogen-bond donors (Lipinski definition) is 2. The van der Waals surface area contributed by atoms with Crippen molar-refractivity contribution in [1.29, 1.82) is 0 Å². The summed E-state index contributed by atoms with van der Waals surface area (Å²) in [5, 5.41) is 6.10. The van der Waals surface area contributed by atoms with E-state index < -0.39 is 0 Å². The molecule has 19 heavy (non-hydrogen) atoms. The minimum Gasteiger partial charge on any atom is -0.382 e. The number of methoxy groups -OCH3 is 1. The number of carbonyl (C=O) groups excluding carboxylic acids is 1. The molecule has 0 radical (unpaired) electrons. The number of nitrogens with one attached hydrogen (secondary N) is 2. The summed E-state index contributed by atoms with van der Waals surface area (Å²) < 4.78 is 10.2. The zero-order chi connectivity index (χ0) is 14.5. The first kappa shape index (κ1) is 18.4. The molecule has 5 nitrogen and oxygen atoms in total. The Hall–Kier alpha value is -0.650. The first-order valence-corrected chi connectivity index (χ1v) is 7.14. The smallest absolute Gasteiger partial charge is 0.234 e. The third-order valence-electron chi connectivity index (χ3n) is 3.00. The largest absolute Gasteiger partial charge is 0.382 e. The van der Waals surface area contributed by atoms with Crippen LogP contribution in [0.5, 0.6) is 0 Å². The molecular weight excluding hydrogens is 244 g/mol. The summed E-state index contributed by atoms with van der Waals surface area (Å²) in [7, 11) is 1.67. The Morgan fingerprint density at radius 3 is 2.47 bits per heavy atom. The number of unbranched alkanes of at least 4 members (excludes halogenated alkanes) is 1. The molecule has 5 heteroatoms. The van der Waals surface area contributed by atoms with Gasteiger partial charge < -0.3 is 20.1 Å². The Labute approximate surface area is 117 Å². The van der Waals surface area contributed by atoms with Gasteiger partial charge in [0, 0.05) is 19.8 Å². The highest BCUT2D eigenvalue weighted by atomic mass is 16.5. The average molecular weight is 274 g/mol. The summed E-state index contributed by atoms with van der Waals surface area (Å²) in [4.78, 5) is 11.6. The van der Waals surface area contributed by atoms with Crippen LogP contribution in [0, 0.1) is 5.92 Å².